The summed E-state index contributed by atoms with van der Waals surface area (Å²) in [4.78, 5) is 39.2. The highest BCUT2D eigenvalue weighted by molar-refractivity contribution is 8.14. The largest absolute Gasteiger partial charge is 0.446 e. The third-order valence-corrected chi connectivity index (χ3v) is 5.07. The van der Waals surface area contributed by atoms with Gasteiger partial charge in [-0.3, -0.25) is 19.3 Å². The van der Waals surface area contributed by atoms with Crippen LogP contribution < -0.4 is 5.32 Å². The van der Waals surface area contributed by atoms with Gasteiger partial charge in [-0.25, -0.2) is 0 Å². The summed E-state index contributed by atoms with van der Waals surface area (Å²) in [6.07, 6.45) is 2.08. The molecule has 0 bridgehead atoms. The van der Waals surface area contributed by atoms with Gasteiger partial charge < -0.3 is 15.0 Å². The molecule has 0 spiro atoms. The van der Waals surface area contributed by atoms with Gasteiger partial charge in [-0.15, -0.1) is 0 Å². The molecule has 3 atom stereocenters. The van der Waals surface area contributed by atoms with Crippen LogP contribution in [0.15, 0.2) is 12.7 Å². The summed E-state index contributed by atoms with van der Waals surface area (Å²) in [5, 5.41) is 3.17. The second kappa shape index (κ2) is 8.64. The third kappa shape index (κ3) is 5.32. The molecule has 1 unspecified atom stereocenters. The Hall–Kier alpha value is -1.38. The first-order valence-electron chi connectivity index (χ1n) is 8.09. The summed E-state index contributed by atoms with van der Waals surface area (Å²) in [5.41, 5.74) is -0.645. The average Bonchev–Trinajstić information content (AvgIpc) is 2.97. The molecule has 0 aromatic rings. The smallest absolute Gasteiger partial charge is 0.311 e. The second-order valence-electron chi connectivity index (χ2n) is 6.27. The molecule has 0 aromatic heterocycles. The lowest BCUT2D eigenvalue weighted by atomic mass is 10.1. The van der Waals surface area contributed by atoms with Gasteiger partial charge >= 0.3 is 5.97 Å². The van der Waals surface area contributed by atoms with E-state index < -0.39 is 5.44 Å². The highest BCUT2D eigenvalue weighted by Crippen LogP contribution is 2.21. The lowest BCUT2D eigenvalue weighted by Gasteiger charge is -2.33. The number of piperazine rings is 1. The number of nitrogens with one attached hydrogen (secondary N) is 1. The van der Waals surface area contributed by atoms with Crippen LogP contribution in [0.3, 0.4) is 0 Å². The minimum absolute atomic E-state index is 0.0950. The molecule has 2 saturated heterocycles. The Bertz CT molecular complexity index is 514. The summed E-state index contributed by atoms with van der Waals surface area (Å²) in [7, 11) is 1.93. The molecular formula is C16H25N3O4S. The Morgan fingerprint density at radius 3 is 2.88 bits per heavy atom. The Morgan fingerprint density at radius 2 is 2.25 bits per heavy atom. The fraction of sp³-hybridized carbons (Fsp3) is 0.688. The Kier molecular flexibility index (Phi) is 6.82. The van der Waals surface area contributed by atoms with Crippen LogP contribution in [0.4, 0.5) is 0 Å². The Morgan fingerprint density at radius 1 is 1.50 bits per heavy atom. The van der Waals surface area contributed by atoms with E-state index in [1.807, 2.05) is 16.8 Å². The number of hydrogen-bond donors (Lipinski definition) is 1. The van der Waals surface area contributed by atoms with E-state index in [1.165, 1.54) is 13.0 Å². The first-order chi connectivity index (χ1) is 11.4. The predicted octanol–water partition coefficient (Wildman–Crippen LogP) is 0.0735. The first kappa shape index (κ1) is 19.0. The molecule has 134 valence electrons. The van der Waals surface area contributed by atoms with Crippen molar-refractivity contribution in [2.24, 2.45) is 5.92 Å². The van der Waals surface area contributed by atoms with Gasteiger partial charge in [0.25, 0.3) is 0 Å². The van der Waals surface area contributed by atoms with Gasteiger partial charge in [0, 0.05) is 39.1 Å². The molecule has 2 rings (SSSR count). The number of esters is 1. The van der Waals surface area contributed by atoms with Crippen LogP contribution in [0.2, 0.25) is 0 Å². The molecule has 2 aliphatic heterocycles. The van der Waals surface area contributed by atoms with Gasteiger partial charge in [0.1, 0.15) is 0 Å². The van der Waals surface area contributed by atoms with Crippen LogP contribution >= 0.6 is 11.8 Å². The van der Waals surface area contributed by atoms with Crippen LogP contribution in [0.1, 0.15) is 13.3 Å². The van der Waals surface area contributed by atoms with Crippen molar-refractivity contribution in [1.82, 2.24) is 15.1 Å². The van der Waals surface area contributed by atoms with E-state index in [9.17, 15) is 14.4 Å². The van der Waals surface area contributed by atoms with E-state index in [1.54, 1.807) is 0 Å². The van der Waals surface area contributed by atoms with Crippen LogP contribution in [-0.4, -0.2) is 78.0 Å². The fourth-order valence-electron chi connectivity index (χ4n) is 2.92. The number of carbonyl (C=O) groups excluding carboxylic acids is 3. The van der Waals surface area contributed by atoms with Crippen molar-refractivity contribution < 1.29 is 19.1 Å². The number of nitrogens with zero attached hydrogens (tertiary/aromatic N) is 2. The van der Waals surface area contributed by atoms with E-state index in [0.717, 1.165) is 24.9 Å². The van der Waals surface area contributed by atoms with Crippen molar-refractivity contribution in [1.29, 1.82) is 0 Å². The molecule has 0 saturated carbocycles. The average molecular weight is 355 g/mol. The molecule has 0 radical (unpaired) electrons. The lowest BCUT2D eigenvalue weighted by Crippen LogP contribution is -2.52. The molecular weight excluding hydrogens is 330 g/mol. The Balaban J connectivity index is 1.79. The summed E-state index contributed by atoms with van der Waals surface area (Å²) in [6.45, 7) is 8.19. The zero-order valence-corrected chi connectivity index (χ0v) is 15.0. The molecule has 24 heavy (non-hydrogen) atoms. The zero-order chi connectivity index (χ0) is 17.7. The summed E-state index contributed by atoms with van der Waals surface area (Å²) < 4.78 is 5.33. The summed E-state index contributed by atoms with van der Waals surface area (Å²) >= 11 is 0.938. The normalized spacial score (nSPS) is 26.2. The number of amides is 1. The number of ether oxygens (including phenoxy) is 1. The molecule has 2 heterocycles. The molecule has 0 aromatic carbocycles. The SMILES string of the molecule is C=CC(OC(=O)[C@@H]1CN[C@H](CN2CCN(C)CC2=O)C1)SC(C)=O. The van der Waals surface area contributed by atoms with Crippen molar-refractivity contribution in [2.45, 2.75) is 24.8 Å². The van der Waals surface area contributed by atoms with E-state index in [2.05, 4.69) is 11.9 Å². The quantitative estimate of drug-likeness (QED) is 0.410. The topological polar surface area (TPSA) is 79.0 Å². The molecule has 2 aliphatic rings. The monoisotopic (exact) mass is 355 g/mol. The van der Waals surface area contributed by atoms with Crippen molar-refractivity contribution in [3.8, 4) is 0 Å². The minimum atomic E-state index is -0.645. The van der Waals surface area contributed by atoms with Crippen molar-refractivity contribution in [2.75, 3.05) is 39.8 Å². The molecule has 8 heteroatoms. The van der Waals surface area contributed by atoms with Crippen molar-refractivity contribution in [3.05, 3.63) is 12.7 Å². The molecule has 1 amide bonds. The van der Waals surface area contributed by atoms with Crippen LogP contribution in [0.25, 0.3) is 0 Å². The van der Waals surface area contributed by atoms with Gasteiger partial charge in [-0.1, -0.05) is 6.58 Å². The van der Waals surface area contributed by atoms with E-state index in [-0.39, 0.29) is 29.0 Å². The van der Waals surface area contributed by atoms with Gasteiger partial charge in [0.2, 0.25) is 5.91 Å². The third-order valence-electron chi connectivity index (χ3n) is 4.21. The van der Waals surface area contributed by atoms with Crippen LogP contribution in [0, 0.1) is 5.92 Å². The number of rotatable bonds is 6. The maximum atomic E-state index is 12.2. The fourth-order valence-corrected chi connectivity index (χ4v) is 3.48. The zero-order valence-electron chi connectivity index (χ0n) is 14.2. The van der Waals surface area contributed by atoms with Crippen LogP contribution in [0.5, 0.6) is 0 Å². The number of carbonyl (C=O) groups is 3. The number of likely N-dealkylation sites (N-methyl/N-ethyl adjacent to an activating group) is 1. The van der Waals surface area contributed by atoms with Gasteiger partial charge in [-0.05, 0) is 31.3 Å². The first-order valence-corrected chi connectivity index (χ1v) is 8.97. The highest BCUT2D eigenvalue weighted by atomic mass is 32.2. The van der Waals surface area contributed by atoms with E-state index >= 15 is 0 Å². The Labute approximate surface area is 146 Å². The van der Waals surface area contributed by atoms with Crippen molar-refractivity contribution in [3.63, 3.8) is 0 Å². The predicted molar refractivity (Wildman–Crippen MR) is 92.3 cm³/mol. The molecule has 1 N–H and O–H groups in total. The van der Waals surface area contributed by atoms with Gasteiger partial charge in [-0.2, -0.15) is 0 Å². The van der Waals surface area contributed by atoms with Gasteiger partial charge in [0.15, 0.2) is 10.6 Å². The summed E-state index contributed by atoms with van der Waals surface area (Å²) in [6, 6.07) is 0.0950. The summed E-state index contributed by atoms with van der Waals surface area (Å²) in [5.74, 6) is -0.456. The highest BCUT2D eigenvalue weighted by Gasteiger charge is 2.34. The standard InChI is InChI=1S/C16H25N3O4S/c1-4-15(24-11(2)20)23-16(22)12-7-13(17-8-12)9-19-6-5-18(3)10-14(19)21/h4,12-13,15,17H,1,5-10H2,2-3H3/t12-,13-,15?/m0/s1. The van der Waals surface area contributed by atoms with Crippen molar-refractivity contribution >= 4 is 28.8 Å². The van der Waals surface area contributed by atoms with Crippen LogP contribution in [-0.2, 0) is 19.1 Å². The number of thioether (sulfide) groups is 1. The van der Waals surface area contributed by atoms with E-state index in [0.29, 0.717) is 26.1 Å². The molecule has 0 aliphatic carbocycles. The lowest BCUT2D eigenvalue weighted by molar-refractivity contribution is -0.147. The van der Waals surface area contributed by atoms with E-state index in [4.69, 9.17) is 4.74 Å². The minimum Gasteiger partial charge on any atom is -0.446 e. The maximum Gasteiger partial charge on any atom is 0.311 e. The molecule has 7 nitrogen and oxygen atoms in total. The second-order valence-corrected chi connectivity index (χ2v) is 7.54. The number of hydrogen-bond acceptors (Lipinski definition) is 7. The molecule has 2 fully saturated rings. The maximum absolute atomic E-state index is 12.2. The van der Waals surface area contributed by atoms with Gasteiger partial charge in [0.05, 0.1) is 12.5 Å².